The van der Waals surface area contributed by atoms with Crippen LogP contribution in [-0.2, 0) is 13.0 Å². The van der Waals surface area contributed by atoms with Crippen LogP contribution in [0.4, 0.5) is 0 Å². The Balaban J connectivity index is 1.72. The Morgan fingerprint density at radius 2 is 2.16 bits per heavy atom. The molecule has 0 bridgehead atoms. The van der Waals surface area contributed by atoms with Crippen LogP contribution in [0.25, 0.3) is 10.9 Å². The minimum absolute atomic E-state index is 0.394. The summed E-state index contributed by atoms with van der Waals surface area (Å²) in [5, 5.41) is 8.64. The number of benzene rings is 1. The van der Waals surface area contributed by atoms with Crippen LogP contribution >= 0.6 is 0 Å². The van der Waals surface area contributed by atoms with Crippen LogP contribution in [0.15, 0.2) is 18.2 Å². The second-order valence-electron chi connectivity index (χ2n) is 7.89. The first kappa shape index (κ1) is 16.9. The predicted molar refractivity (Wildman–Crippen MR) is 103 cm³/mol. The summed E-state index contributed by atoms with van der Waals surface area (Å²) in [5.74, 6) is 1.77. The predicted octanol–water partition coefficient (Wildman–Crippen LogP) is 3.63. The van der Waals surface area contributed by atoms with Crippen molar-refractivity contribution in [3.05, 3.63) is 29.5 Å². The molecule has 2 aromatic rings. The summed E-state index contributed by atoms with van der Waals surface area (Å²) in [6, 6.07) is 7.51. The van der Waals surface area contributed by atoms with Crippen molar-refractivity contribution >= 4 is 10.9 Å². The van der Waals surface area contributed by atoms with E-state index in [9.17, 15) is 0 Å². The van der Waals surface area contributed by atoms with Crippen molar-refractivity contribution in [2.75, 3.05) is 20.2 Å². The van der Waals surface area contributed by atoms with Crippen molar-refractivity contribution in [3.8, 4) is 5.75 Å². The molecule has 136 valence electrons. The van der Waals surface area contributed by atoms with E-state index in [1.54, 1.807) is 7.11 Å². The highest BCUT2D eigenvalue weighted by molar-refractivity contribution is 5.87. The average Bonchev–Trinajstić information content (AvgIpc) is 2.93. The van der Waals surface area contributed by atoms with E-state index in [1.807, 2.05) is 0 Å². The number of ether oxygens (including phenoxy) is 1. The van der Waals surface area contributed by atoms with Gasteiger partial charge in [0.15, 0.2) is 0 Å². The van der Waals surface area contributed by atoms with E-state index in [0.717, 1.165) is 24.6 Å². The molecule has 2 N–H and O–H groups in total. The van der Waals surface area contributed by atoms with Crippen molar-refractivity contribution in [2.24, 2.45) is 5.92 Å². The van der Waals surface area contributed by atoms with Gasteiger partial charge >= 0.3 is 0 Å². The van der Waals surface area contributed by atoms with E-state index >= 15 is 0 Å². The number of nitrogens with zero attached hydrogens (tertiary/aromatic N) is 1. The van der Waals surface area contributed by atoms with Crippen molar-refractivity contribution < 1.29 is 4.74 Å². The number of hydrogen-bond acceptors (Lipinski definition) is 3. The Hall–Kier alpha value is -1.52. The smallest absolute Gasteiger partial charge is 0.119 e. The van der Waals surface area contributed by atoms with Gasteiger partial charge in [0.05, 0.1) is 7.11 Å². The van der Waals surface area contributed by atoms with Crippen LogP contribution in [0.1, 0.15) is 50.4 Å². The van der Waals surface area contributed by atoms with Crippen molar-refractivity contribution in [1.82, 2.24) is 15.2 Å². The Morgan fingerprint density at radius 1 is 1.28 bits per heavy atom. The minimum atomic E-state index is 0.394. The molecule has 0 aliphatic carbocycles. The van der Waals surface area contributed by atoms with Crippen molar-refractivity contribution in [3.63, 3.8) is 0 Å². The molecule has 1 aromatic heterocycles. The summed E-state index contributed by atoms with van der Waals surface area (Å²) < 4.78 is 8.10. The molecule has 25 heavy (non-hydrogen) atoms. The molecule has 4 rings (SSSR count). The SMILES string of the molecule is COc1ccc2c(c1)c1c(n2CCC2CCCNC2)CC(C)NC1C. The standard InChI is InChI=1S/C21H31N3O/c1-14-11-20-21(15(2)23-14)18-12-17(25-3)6-7-19(18)24(20)10-8-16-5-4-9-22-13-16/h6-7,12,14-16,22-23H,4-5,8-11,13H2,1-3H3. The Kier molecular flexibility index (Phi) is 4.74. The molecule has 3 heterocycles. The quantitative estimate of drug-likeness (QED) is 0.892. The zero-order valence-corrected chi connectivity index (χ0v) is 15.8. The van der Waals surface area contributed by atoms with E-state index < -0.39 is 0 Å². The highest BCUT2D eigenvalue weighted by Crippen LogP contribution is 2.37. The second-order valence-corrected chi connectivity index (χ2v) is 7.89. The molecule has 0 saturated carbocycles. The number of aryl methyl sites for hydroxylation is 1. The maximum absolute atomic E-state index is 5.50. The molecular formula is C21H31N3O. The lowest BCUT2D eigenvalue weighted by atomic mass is 9.94. The van der Waals surface area contributed by atoms with Gasteiger partial charge in [-0.1, -0.05) is 0 Å². The van der Waals surface area contributed by atoms with Gasteiger partial charge in [0.1, 0.15) is 5.75 Å². The third-order valence-electron chi connectivity index (χ3n) is 6.05. The number of rotatable bonds is 4. The van der Waals surface area contributed by atoms with E-state index in [1.165, 1.54) is 54.5 Å². The zero-order valence-electron chi connectivity index (χ0n) is 15.8. The van der Waals surface area contributed by atoms with E-state index in [0.29, 0.717) is 12.1 Å². The fourth-order valence-corrected chi connectivity index (χ4v) is 4.84. The second kappa shape index (κ2) is 7.00. The maximum Gasteiger partial charge on any atom is 0.119 e. The largest absolute Gasteiger partial charge is 0.497 e. The van der Waals surface area contributed by atoms with E-state index in [4.69, 9.17) is 4.74 Å². The molecule has 0 spiro atoms. The number of methoxy groups -OCH3 is 1. The molecule has 1 saturated heterocycles. The summed E-state index contributed by atoms with van der Waals surface area (Å²) in [7, 11) is 1.75. The molecule has 3 atom stereocenters. The lowest BCUT2D eigenvalue weighted by molar-refractivity contribution is 0.339. The topological polar surface area (TPSA) is 38.2 Å². The molecule has 0 amide bonds. The van der Waals surface area contributed by atoms with Gasteiger partial charge in [-0.15, -0.1) is 0 Å². The lowest BCUT2D eigenvalue weighted by Gasteiger charge is -2.29. The first-order valence-electron chi connectivity index (χ1n) is 9.83. The molecule has 2 aliphatic rings. The molecule has 4 nitrogen and oxygen atoms in total. The molecule has 1 fully saturated rings. The van der Waals surface area contributed by atoms with Gasteiger partial charge in [0.25, 0.3) is 0 Å². The maximum atomic E-state index is 5.50. The van der Waals surface area contributed by atoms with Gasteiger partial charge in [-0.05, 0) is 75.9 Å². The monoisotopic (exact) mass is 341 g/mol. The van der Waals surface area contributed by atoms with Gasteiger partial charge in [-0.3, -0.25) is 0 Å². The number of hydrogen-bond donors (Lipinski definition) is 2. The summed E-state index contributed by atoms with van der Waals surface area (Å²) >= 11 is 0. The number of piperidine rings is 1. The van der Waals surface area contributed by atoms with Crippen LogP contribution in [0.3, 0.4) is 0 Å². The summed E-state index contributed by atoms with van der Waals surface area (Å²) in [4.78, 5) is 0. The van der Waals surface area contributed by atoms with E-state index in [2.05, 4.69) is 47.2 Å². The highest BCUT2D eigenvalue weighted by Gasteiger charge is 2.28. The van der Waals surface area contributed by atoms with Crippen LogP contribution in [0.2, 0.25) is 0 Å². The minimum Gasteiger partial charge on any atom is -0.497 e. The molecular weight excluding hydrogens is 310 g/mol. The first-order chi connectivity index (χ1) is 12.2. The Labute approximate surface area is 150 Å². The third-order valence-corrected chi connectivity index (χ3v) is 6.05. The average molecular weight is 341 g/mol. The Morgan fingerprint density at radius 3 is 2.92 bits per heavy atom. The number of aromatic nitrogens is 1. The van der Waals surface area contributed by atoms with Gasteiger partial charge in [0.2, 0.25) is 0 Å². The van der Waals surface area contributed by atoms with Gasteiger partial charge in [0, 0.05) is 41.6 Å². The molecule has 0 radical (unpaired) electrons. The summed E-state index contributed by atoms with van der Waals surface area (Å²) in [5.41, 5.74) is 4.39. The number of nitrogens with one attached hydrogen (secondary N) is 2. The molecule has 3 unspecified atom stereocenters. The molecule has 4 heteroatoms. The zero-order chi connectivity index (χ0) is 17.4. The first-order valence-corrected chi connectivity index (χ1v) is 9.83. The fourth-order valence-electron chi connectivity index (χ4n) is 4.84. The summed E-state index contributed by atoms with van der Waals surface area (Å²) in [6.45, 7) is 8.10. The third kappa shape index (κ3) is 3.18. The van der Waals surface area contributed by atoms with E-state index in [-0.39, 0.29) is 0 Å². The van der Waals surface area contributed by atoms with Gasteiger partial charge < -0.3 is 19.9 Å². The molecule has 1 aromatic carbocycles. The fraction of sp³-hybridized carbons (Fsp3) is 0.619. The van der Waals surface area contributed by atoms with Crippen LogP contribution < -0.4 is 15.4 Å². The Bertz CT molecular complexity index is 745. The van der Waals surface area contributed by atoms with Crippen molar-refractivity contribution in [2.45, 2.75) is 58.2 Å². The van der Waals surface area contributed by atoms with Gasteiger partial charge in [-0.2, -0.15) is 0 Å². The van der Waals surface area contributed by atoms with Crippen LogP contribution in [0, 0.1) is 5.92 Å². The van der Waals surface area contributed by atoms with Crippen molar-refractivity contribution in [1.29, 1.82) is 0 Å². The highest BCUT2D eigenvalue weighted by atomic mass is 16.5. The normalized spacial score (nSPS) is 26.6. The van der Waals surface area contributed by atoms with Crippen LogP contribution in [0.5, 0.6) is 5.75 Å². The lowest BCUT2D eigenvalue weighted by Crippen LogP contribution is -2.36. The van der Waals surface area contributed by atoms with Crippen LogP contribution in [-0.4, -0.2) is 30.8 Å². The summed E-state index contributed by atoms with van der Waals surface area (Å²) in [6.07, 6.45) is 5.08. The molecule has 2 aliphatic heterocycles. The van der Waals surface area contributed by atoms with Gasteiger partial charge in [-0.25, -0.2) is 0 Å². The number of fused-ring (bicyclic) bond motifs is 3.